The lowest BCUT2D eigenvalue weighted by molar-refractivity contribution is 0.231. The van der Waals surface area contributed by atoms with E-state index >= 15 is 0 Å². The van der Waals surface area contributed by atoms with E-state index in [9.17, 15) is 0 Å². The Morgan fingerprint density at radius 3 is 1.84 bits per heavy atom. The molecular weight excluding hydrogens is 612 g/mol. The first-order valence-corrected chi connectivity index (χ1v) is 17.5. The minimum absolute atomic E-state index is 0.762. The molecule has 0 atom stereocenters. The van der Waals surface area contributed by atoms with Gasteiger partial charge < -0.3 is 9.64 Å². The summed E-state index contributed by atoms with van der Waals surface area (Å²) in [6.45, 7) is 19.6. The van der Waals surface area contributed by atoms with Crippen LogP contribution < -0.4 is 4.74 Å². The number of aryl methyl sites for hydroxylation is 7. The van der Waals surface area contributed by atoms with E-state index in [-0.39, 0.29) is 0 Å². The Morgan fingerprint density at radius 2 is 1.29 bits per heavy atom. The Kier molecular flexibility index (Phi) is 12.4. The third kappa shape index (κ3) is 9.86. The molecule has 0 fully saturated rings. The van der Waals surface area contributed by atoms with Crippen LogP contribution in [0.25, 0.3) is 0 Å². The smallest absolute Gasteiger partial charge is 0.128 e. The van der Waals surface area contributed by atoms with Gasteiger partial charge in [0, 0.05) is 85.4 Å². The number of likely N-dealkylation sites (N-methyl/N-ethyl adjacent to an activating group) is 1. The molecule has 5 aromatic rings. The Hall–Kier alpha value is -4.35. The van der Waals surface area contributed by atoms with Crippen molar-refractivity contribution in [3.63, 3.8) is 0 Å². The molecule has 5 rings (SSSR count). The van der Waals surface area contributed by atoms with Gasteiger partial charge in [0.05, 0.1) is 49.5 Å². The van der Waals surface area contributed by atoms with Crippen molar-refractivity contribution in [2.24, 2.45) is 0 Å². The van der Waals surface area contributed by atoms with E-state index in [4.69, 9.17) is 14.8 Å². The summed E-state index contributed by atoms with van der Waals surface area (Å²) in [4.78, 5) is 14.1. The van der Waals surface area contributed by atoms with Gasteiger partial charge in [0.1, 0.15) is 5.75 Å². The van der Waals surface area contributed by atoms with Crippen LogP contribution in [0.3, 0.4) is 0 Å². The topological polar surface area (TPSA) is 95.0 Å². The number of methoxy groups -OCH3 is 1. The first kappa shape index (κ1) is 35.9. The maximum absolute atomic E-state index is 5.93. The minimum Gasteiger partial charge on any atom is -0.496 e. The molecule has 0 N–H and O–H groups in total. The summed E-state index contributed by atoms with van der Waals surface area (Å²) in [6.07, 6.45) is 6.39. The van der Waals surface area contributed by atoms with E-state index in [1.54, 1.807) is 7.11 Å². The first-order valence-electron chi connectivity index (χ1n) is 17.5. The zero-order valence-corrected chi connectivity index (χ0v) is 30.8. The molecule has 0 aliphatic heterocycles. The standard InChI is InChI=1S/C38H54N10O/c1-28-23-30(3)46(41-28)20-17-45(18-21-47-31(4)24-29(2)42-47)19-22-48-32(5)25-36(43-48)13-12-34-26-40-37(33(6)38(34)49-8)27-44(7)16-14-35-11-9-10-15-39-35/h9-11,15,23-26H,12-14,16-22,27H2,1-8H3. The largest absolute Gasteiger partial charge is 0.496 e. The summed E-state index contributed by atoms with van der Waals surface area (Å²) >= 11 is 0. The van der Waals surface area contributed by atoms with Crippen molar-refractivity contribution in [1.82, 2.24) is 49.1 Å². The summed E-state index contributed by atoms with van der Waals surface area (Å²) in [6, 6.07) is 12.6. The van der Waals surface area contributed by atoms with E-state index in [2.05, 4.69) is 112 Å². The zero-order valence-electron chi connectivity index (χ0n) is 30.8. The zero-order chi connectivity index (χ0) is 34.9. The van der Waals surface area contributed by atoms with Gasteiger partial charge in [0.15, 0.2) is 0 Å². The molecule has 11 heteroatoms. The summed E-state index contributed by atoms with van der Waals surface area (Å²) in [5, 5.41) is 14.4. The molecule has 0 saturated carbocycles. The number of nitrogens with zero attached hydrogens (tertiary/aromatic N) is 10. The maximum atomic E-state index is 5.93. The average Bonchev–Trinajstić information content (AvgIpc) is 3.72. The van der Waals surface area contributed by atoms with Crippen LogP contribution in [0.4, 0.5) is 0 Å². The molecule has 0 aromatic carbocycles. The second-order valence-corrected chi connectivity index (χ2v) is 13.3. The lowest BCUT2D eigenvalue weighted by Crippen LogP contribution is -2.34. The SMILES string of the molecule is COc1c(CCc2cc(C)n(CCN(CCn3nc(C)cc3C)CCn3nc(C)cc3C)n2)cnc(CN(C)CCc2ccccn2)c1C. The van der Waals surface area contributed by atoms with Crippen molar-refractivity contribution >= 4 is 0 Å². The first-order chi connectivity index (χ1) is 23.6. The maximum Gasteiger partial charge on any atom is 0.128 e. The summed E-state index contributed by atoms with van der Waals surface area (Å²) in [5.74, 6) is 0.931. The number of hydrogen-bond acceptors (Lipinski definition) is 8. The third-order valence-electron chi connectivity index (χ3n) is 9.31. The van der Waals surface area contributed by atoms with E-state index in [0.29, 0.717) is 0 Å². The van der Waals surface area contributed by atoms with Crippen molar-refractivity contribution in [2.75, 3.05) is 40.3 Å². The molecule has 0 unspecified atom stereocenters. The highest BCUT2D eigenvalue weighted by Gasteiger charge is 2.16. The molecule has 0 amide bonds. The van der Waals surface area contributed by atoms with Crippen LogP contribution in [0.5, 0.6) is 5.75 Å². The van der Waals surface area contributed by atoms with Crippen LogP contribution in [0.15, 0.2) is 48.8 Å². The van der Waals surface area contributed by atoms with Gasteiger partial charge in [-0.2, -0.15) is 15.3 Å². The third-order valence-corrected chi connectivity index (χ3v) is 9.31. The molecule has 0 bridgehead atoms. The number of aromatic nitrogens is 8. The Bertz CT molecular complexity index is 1740. The van der Waals surface area contributed by atoms with Crippen LogP contribution in [-0.2, 0) is 45.4 Å². The molecule has 0 aliphatic carbocycles. The van der Waals surface area contributed by atoms with Crippen LogP contribution >= 0.6 is 0 Å². The molecule has 0 aliphatic rings. The van der Waals surface area contributed by atoms with Crippen molar-refractivity contribution in [1.29, 1.82) is 0 Å². The van der Waals surface area contributed by atoms with Gasteiger partial charge >= 0.3 is 0 Å². The molecule has 11 nitrogen and oxygen atoms in total. The van der Waals surface area contributed by atoms with Gasteiger partial charge in [-0.15, -0.1) is 0 Å². The Labute approximate surface area is 291 Å². The highest BCUT2D eigenvalue weighted by Crippen LogP contribution is 2.27. The predicted molar refractivity (Wildman–Crippen MR) is 194 cm³/mol. The second kappa shape index (κ2) is 16.8. The van der Waals surface area contributed by atoms with Crippen molar-refractivity contribution in [2.45, 2.75) is 87.0 Å². The van der Waals surface area contributed by atoms with Crippen molar-refractivity contribution in [3.8, 4) is 5.75 Å². The van der Waals surface area contributed by atoms with E-state index in [0.717, 1.165) is 117 Å². The molecule has 0 saturated heterocycles. The minimum atomic E-state index is 0.762. The van der Waals surface area contributed by atoms with E-state index < -0.39 is 0 Å². The van der Waals surface area contributed by atoms with E-state index in [1.807, 2.05) is 24.5 Å². The molecule has 49 heavy (non-hydrogen) atoms. The quantitative estimate of drug-likeness (QED) is 0.128. The summed E-state index contributed by atoms with van der Waals surface area (Å²) in [5.41, 5.74) is 11.2. The Morgan fingerprint density at radius 1 is 0.673 bits per heavy atom. The highest BCUT2D eigenvalue weighted by molar-refractivity contribution is 5.42. The van der Waals surface area contributed by atoms with E-state index in [1.165, 1.54) is 17.1 Å². The van der Waals surface area contributed by atoms with Gasteiger partial charge in [0.2, 0.25) is 0 Å². The second-order valence-electron chi connectivity index (χ2n) is 13.3. The monoisotopic (exact) mass is 666 g/mol. The van der Waals surface area contributed by atoms with Gasteiger partial charge in [0.25, 0.3) is 0 Å². The summed E-state index contributed by atoms with van der Waals surface area (Å²) < 4.78 is 12.3. The molecule has 5 heterocycles. The van der Waals surface area contributed by atoms with Crippen molar-refractivity contribution < 1.29 is 4.74 Å². The normalized spacial score (nSPS) is 11.7. The fourth-order valence-corrected chi connectivity index (χ4v) is 6.53. The molecule has 5 aromatic heterocycles. The molecule has 0 radical (unpaired) electrons. The van der Waals surface area contributed by atoms with Crippen LogP contribution in [-0.4, -0.2) is 89.4 Å². The van der Waals surface area contributed by atoms with Crippen molar-refractivity contribution in [3.05, 3.63) is 105 Å². The highest BCUT2D eigenvalue weighted by atomic mass is 16.5. The van der Waals surface area contributed by atoms with Gasteiger partial charge in [-0.1, -0.05) is 6.07 Å². The lowest BCUT2D eigenvalue weighted by atomic mass is 10.0. The van der Waals surface area contributed by atoms with Gasteiger partial charge in [-0.3, -0.25) is 28.9 Å². The lowest BCUT2D eigenvalue weighted by Gasteiger charge is -2.23. The Balaban J connectivity index is 1.18. The fourth-order valence-electron chi connectivity index (χ4n) is 6.53. The van der Waals surface area contributed by atoms with Crippen LogP contribution in [0, 0.1) is 41.5 Å². The fraction of sp³-hybridized carbons (Fsp3) is 0.500. The summed E-state index contributed by atoms with van der Waals surface area (Å²) in [7, 11) is 3.89. The number of ether oxygens (including phenoxy) is 1. The molecule has 0 spiro atoms. The van der Waals surface area contributed by atoms with Crippen LogP contribution in [0.2, 0.25) is 0 Å². The number of hydrogen-bond donors (Lipinski definition) is 0. The number of rotatable bonds is 18. The molecule has 262 valence electrons. The van der Waals surface area contributed by atoms with Crippen LogP contribution in [0.1, 0.15) is 56.7 Å². The van der Waals surface area contributed by atoms with Gasteiger partial charge in [-0.25, -0.2) is 0 Å². The number of pyridine rings is 2. The predicted octanol–water partition coefficient (Wildman–Crippen LogP) is 5.09. The average molecular weight is 667 g/mol. The molecular formula is C38H54N10O. The van der Waals surface area contributed by atoms with Gasteiger partial charge in [-0.05, 0) is 91.8 Å².